The number of nitrogens with one attached hydrogen (secondary N) is 3. The molecule has 0 spiro atoms. The number of rotatable bonds is 9. The number of halogens is 1. The van der Waals surface area contributed by atoms with Crippen molar-refractivity contribution in [1.82, 2.24) is 15.5 Å². The Balaban J connectivity index is 1.53. The van der Waals surface area contributed by atoms with Crippen LogP contribution in [0.1, 0.15) is 57.5 Å². The lowest BCUT2D eigenvalue weighted by Crippen LogP contribution is -2.27. The maximum Gasteiger partial charge on any atom is 0.274 e. The monoisotopic (exact) mass is 502 g/mol. The largest absolute Gasteiger partial charge is 0.507 e. The minimum atomic E-state index is -0.413. The minimum absolute atomic E-state index is 0.0112. The number of nitrogens with zero attached hydrogens (tertiary/aromatic N) is 1. The zero-order valence-electron chi connectivity index (χ0n) is 18.9. The van der Waals surface area contributed by atoms with Crippen molar-refractivity contribution in [3.05, 3.63) is 51.0 Å². The highest BCUT2D eigenvalue weighted by molar-refractivity contribution is 7.17. The van der Waals surface area contributed by atoms with Crippen LogP contribution in [-0.4, -0.2) is 46.9 Å². The van der Waals surface area contributed by atoms with Gasteiger partial charge in [-0.05, 0) is 68.9 Å². The first-order valence-corrected chi connectivity index (χ1v) is 12.5. The number of anilines is 1. The van der Waals surface area contributed by atoms with E-state index in [2.05, 4.69) is 20.8 Å². The van der Waals surface area contributed by atoms with E-state index in [0.717, 1.165) is 42.5 Å². The Labute approximate surface area is 206 Å². The summed E-state index contributed by atoms with van der Waals surface area (Å²) in [5.74, 6) is -0.582. The molecule has 1 aromatic carbocycles. The Morgan fingerprint density at radius 2 is 2.06 bits per heavy atom. The molecule has 0 unspecified atom stereocenters. The van der Waals surface area contributed by atoms with E-state index in [4.69, 9.17) is 16.3 Å². The zero-order valence-corrected chi connectivity index (χ0v) is 20.4. The second-order valence-electron chi connectivity index (χ2n) is 8.00. The number of carbonyl (C=O) groups excluding carboxylic acids is 2. The quantitative estimate of drug-likeness (QED) is 0.314. The van der Waals surface area contributed by atoms with Gasteiger partial charge < -0.3 is 20.5 Å². The number of aromatic hydroxyl groups is 1. The van der Waals surface area contributed by atoms with Crippen molar-refractivity contribution in [2.75, 3.05) is 25.1 Å². The molecule has 3 aromatic rings. The molecule has 2 heterocycles. The summed E-state index contributed by atoms with van der Waals surface area (Å²) in [6.07, 6.45) is 4.55. The molecule has 2 aromatic heterocycles. The molecule has 180 valence electrons. The second-order valence-corrected chi connectivity index (χ2v) is 9.55. The van der Waals surface area contributed by atoms with Gasteiger partial charge in [0, 0.05) is 35.2 Å². The van der Waals surface area contributed by atoms with Crippen LogP contribution in [0, 0.1) is 0 Å². The number of aryl methyl sites for hydroxylation is 1. The van der Waals surface area contributed by atoms with E-state index in [0.29, 0.717) is 46.6 Å². The van der Waals surface area contributed by atoms with E-state index in [1.807, 2.05) is 6.92 Å². The summed E-state index contributed by atoms with van der Waals surface area (Å²) in [6.45, 7) is 3.68. The maximum atomic E-state index is 13.1. The number of fused-ring (bicyclic) bond motifs is 1. The molecule has 0 fully saturated rings. The predicted octanol–water partition coefficient (Wildman–Crippen LogP) is 4.78. The molecule has 4 rings (SSSR count). The van der Waals surface area contributed by atoms with Gasteiger partial charge in [0.15, 0.2) is 0 Å². The number of ether oxygens (including phenoxy) is 1. The highest BCUT2D eigenvalue weighted by atomic mass is 35.5. The van der Waals surface area contributed by atoms with E-state index in [1.165, 1.54) is 17.4 Å². The predicted molar refractivity (Wildman–Crippen MR) is 133 cm³/mol. The Morgan fingerprint density at radius 3 is 2.88 bits per heavy atom. The number of aromatic nitrogens is 2. The highest BCUT2D eigenvalue weighted by Crippen LogP contribution is 2.38. The highest BCUT2D eigenvalue weighted by Gasteiger charge is 2.27. The van der Waals surface area contributed by atoms with Crippen molar-refractivity contribution in [2.24, 2.45) is 0 Å². The van der Waals surface area contributed by atoms with Crippen LogP contribution >= 0.6 is 22.9 Å². The molecule has 8 nitrogen and oxygen atoms in total. The molecule has 1 aliphatic rings. The molecule has 0 saturated carbocycles. The summed E-state index contributed by atoms with van der Waals surface area (Å²) in [7, 11) is 0. The molecule has 10 heteroatoms. The van der Waals surface area contributed by atoms with Crippen LogP contribution in [0.25, 0.3) is 11.3 Å². The fourth-order valence-electron chi connectivity index (χ4n) is 3.96. The molecule has 0 aliphatic heterocycles. The lowest BCUT2D eigenvalue weighted by molar-refractivity contribution is 0.0944. The molecule has 0 radical (unpaired) electrons. The molecule has 1 aliphatic carbocycles. The third kappa shape index (κ3) is 5.43. The number of H-pyrrole nitrogens is 1. The fourth-order valence-corrected chi connectivity index (χ4v) is 5.42. The standard InChI is InChI=1S/C24H27ClN4O4S/c1-2-33-11-5-10-26-23(32)21-15-6-3-4-7-20(15)34-24(21)27-22(31)18-13-17(28-29-18)16-12-14(25)8-9-19(16)30/h8-9,12-13,30H,2-7,10-11H2,1H3,(H,26,32)(H,27,31)(H,28,29). The van der Waals surface area contributed by atoms with Crippen molar-refractivity contribution < 1.29 is 19.4 Å². The number of carbonyl (C=O) groups is 2. The van der Waals surface area contributed by atoms with E-state index >= 15 is 0 Å². The average Bonchev–Trinajstić information content (AvgIpc) is 3.45. The van der Waals surface area contributed by atoms with Crippen LogP contribution in [0.3, 0.4) is 0 Å². The molecule has 0 bridgehead atoms. The topological polar surface area (TPSA) is 116 Å². The van der Waals surface area contributed by atoms with Crippen molar-refractivity contribution in [1.29, 1.82) is 0 Å². The number of phenols is 1. The van der Waals surface area contributed by atoms with Crippen LogP contribution in [0.5, 0.6) is 5.75 Å². The summed E-state index contributed by atoms with van der Waals surface area (Å²) in [6, 6.07) is 6.17. The molecule has 4 N–H and O–H groups in total. The van der Waals surface area contributed by atoms with Crippen molar-refractivity contribution >= 4 is 39.8 Å². The molecular weight excluding hydrogens is 476 g/mol. The van der Waals surface area contributed by atoms with Gasteiger partial charge >= 0.3 is 0 Å². The Hall–Kier alpha value is -2.88. The molecule has 2 amide bonds. The van der Waals surface area contributed by atoms with Crippen LogP contribution in [0.2, 0.25) is 5.02 Å². The Kier molecular flexibility index (Phi) is 7.87. The van der Waals surface area contributed by atoms with E-state index in [9.17, 15) is 14.7 Å². The van der Waals surface area contributed by atoms with Gasteiger partial charge in [-0.15, -0.1) is 11.3 Å². The van der Waals surface area contributed by atoms with Gasteiger partial charge in [0.1, 0.15) is 16.4 Å². The molecular formula is C24H27ClN4O4S. The number of phenolic OH excluding ortho intramolecular Hbond substituents is 1. The van der Waals surface area contributed by atoms with E-state index in [-0.39, 0.29) is 17.4 Å². The van der Waals surface area contributed by atoms with Crippen LogP contribution < -0.4 is 10.6 Å². The number of amides is 2. The zero-order chi connectivity index (χ0) is 24.1. The summed E-state index contributed by atoms with van der Waals surface area (Å²) >= 11 is 7.49. The first-order valence-electron chi connectivity index (χ1n) is 11.3. The van der Waals surface area contributed by atoms with Crippen LogP contribution in [0.4, 0.5) is 5.00 Å². The van der Waals surface area contributed by atoms with Gasteiger partial charge in [-0.3, -0.25) is 14.7 Å². The normalized spacial score (nSPS) is 12.9. The SMILES string of the molecule is CCOCCCNC(=O)c1c(NC(=O)c2cc(-c3cc(Cl)ccc3O)n[nH]2)sc2c1CCCC2. The number of benzene rings is 1. The number of thiophene rings is 1. The van der Waals surface area contributed by atoms with E-state index < -0.39 is 5.91 Å². The van der Waals surface area contributed by atoms with Gasteiger partial charge in [0.05, 0.1) is 11.3 Å². The molecule has 0 saturated heterocycles. The van der Waals surface area contributed by atoms with Gasteiger partial charge in [0.2, 0.25) is 0 Å². The molecule has 34 heavy (non-hydrogen) atoms. The summed E-state index contributed by atoms with van der Waals surface area (Å²) in [5.41, 5.74) is 2.60. The van der Waals surface area contributed by atoms with Gasteiger partial charge in [-0.25, -0.2) is 0 Å². The average molecular weight is 503 g/mol. The summed E-state index contributed by atoms with van der Waals surface area (Å²) in [5, 5.41) is 23.8. The lowest BCUT2D eigenvalue weighted by Gasteiger charge is -2.13. The minimum Gasteiger partial charge on any atom is -0.507 e. The molecule has 0 atom stereocenters. The van der Waals surface area contributed by atoms with Crippen molar-refractivity contribution in [3.63, 3.8) is 0 Å². The Morgan fingerprint density at radius 1 is 1.24 bits per heavy atom. The van der Waals surface area contributed by atoms with E-state index in [1.54, 1.807) is 18.2 Å². The third-order valence-electron chi connectivity index (χ3n) is 5.64. The summed E-state index contributed by atoms with van der Waals surface area (Å²) < 4.78 is 5.33. The fraction of sp³-hybridized carbons (Fsp3) is 0.375. The Bertz CT molecular complexity index is 1190. The number of hydrogen-bond acceptors (Lipinski definition) is 6. The van der Waals surface area contributed by atoms with Crippen molar-refractivity contribution in [3.8, 4) is 17.0 Å². The lowest BCUT2D eigenvalue weighted by atomic mass is 9.95. The number of hydrogen-bond donors (Lipinski definition) is 4. The van der Waals surface area contributed by atoms with Gasteiger partial charge in [-0.2, -0.15) is 5.10 Å². The maximum absolute atomic E-state index is 13.1. The first kappa shape index (κ1) is 24.3. The van der Waals surface area contributed by atoms with Crippen molar-refractivity contribution in [2.45, 2.75) is 39.0 Å². The second kappa shape index (κ2) is 11.0. The smallest absolute Gasteiger partial charge is 0.274 e. The number of aromatic amines is 1. The first-order chi connectivity index (χ1) is 16.5. The van der Waals surface area contributed by atoms with Gasteiger partial charge in [-0.1, -0.05) is 11.6 Å². The summed E-state index contributed by atoms with van der Waals surface area (Å²) in [4.78, 5) is 27.2. The van der Waals surface area contributed by atoms with Gasteiger partial charge in [0.25, 0.3) is 11.8 Å². The third-order valence-corrected chi connectivity index (χ3v) is 7.08. The van der Waals surface area contributed by atoms with Crippen LogP contribution in [-0.2, 0) is 17.6 Å². The van der Waals surface area contributed by atoms with Crippen LogP contribution in [0.15, 0.2) is 24.3 Å².